The van der Waals surface area contributed by atoms with Crippen molar-refractivity contribution in [3.8, 4) is 0 Å². The Bertz CT molecular complexity index is 381. The molecular weight excluding hydrogens is 234 g/mol. The third-order valence-corrected chi connectivity index (χ3v) is 3.83. The van der Waals surface area contributed by atoms with Crippen LogP contribution in [0.2, 0.25) is 5.02 Å². The van der Waals surface area contributed by atoms with E-state index in [9.17, 15) is 0 Å². The van der Waals surface area contributed by atoms with E-state index in [4.69, 9.17) is 17.3 Å². The highest BCUT2D eigenvalue weighted by Crippen LogP contribution is 2.22. The van der Waals surface area contributed by atoms with Gasteiger partial charge in [0.1, 0.15) is 5.82 Å². The highest BCUT2D eigenvalue weighted by atomic mass is 35.5. The minimum atomic E-state index is 0.548. The van der Waals surface area contributed by atoms with Gasteiger partial charge in [0, 0.05) is 12.6 Å². The molecule has 0 bridgehead atoms. The highest BCUT2D eigenvalue weighted by molar-refractivity contribution is 6.31. The predicted molar refractivity (Wildman–Crippen MR) is 72.0 cm³/mol. The zero-order valence-corrected chi connectivity index (χ0v) is 11.1. The smallest absolute Gasteiger partial charge is 0.123 e. The molecule has 1 fully saturated rings. The van der Waals surface area contributed by atoms with Gasteiger partial charge in [-0.3, -0.25) is 4.90 Å². The first-order valence-electron chi connectivity index (χ1n) is 6.32. The molecule has 1 aromatic rings. The Balaban J connectivity index is 2.10. The second kappa shape index (κ2) is 5.69. The van der Waals surface area contributed by atoms with E-state index in [1.165, 1.54) is 25.7 Å². The van der Waals surface area contributed by atoms with Crippen LogP contribution in [0.3, 0.4) is 0 Å². The van der Waals surface area contributed by atoms with E-state index < -0.39 is 0 Å². The molecule has 1 aliphatic rings. The van der Waals surface area contributed by atoms with Crippen LogP contribution in [0.25, 0.3) is 0 Å². The lowest BCUT2D eigenvalue weighted by atomic mass is 10.1. The van der Waals surface area contributed by atoms with E-state index >= 15 is 0 Å². The Kier molecular flexibility index (Phi) is 4.24. The molecule has 0 aliphatic carbocycles. The van der Waals surface area contributed by atoms with Crippen molar-refractivity contribution in [3.63, 3.8) is 0 Å². The molecule has 2 rings (SSSR count). The van der Waals surface area contributed by atoms with E-state index in [1.54, 1.807) is 6.07 Å². The molecule has 1 aliphatic heterocycles. The first kappa shape index (κ1) is 12.7. The predicted octanol–water partition coefficient (Wildman–Crippen LogP) is 3.08. The van der Waals surface area contributed by atoms with Crippen molar-refractivity contribution in [1.82, 2.24) is 9.88 Å². The molecule has 0 saturated carbocycles. The number of nitrogen functional groups attached to an aromatic ring is 1. The number of aromatic nitrogens is 1. The summed E-state index contributed by atoms with van der Waals surface area (Å²) in [5.74, 6) is 0.548. The quantitative estimate of drug-likeness (QED) is 0.881. The molecular formula is C13H20ClN3. The summed E-state index contributed by atoms with van der Waals surface area (Å²) < 4.78 is 0. The molecule has 0 amide bonds. The Hall–Kier alpha value is -0.800. The molecule has 1 unspecified atom stereocenters. The van der Waals surface area contributed by atoms with Crippen molar-refractivity contribution in [2.75, 3.05) is 12.3 Å². The molecule has 1 saturated heterocycles. The van der Waals surface area contributed by atoms with Gasteiger partial charge in [-0.25, -0.2) is 4.98 Å². The molecule has 3 nitrogen and oxygen atoms in total. The van der Waals surface area contributed by atoms with Crippen molar-refractivity contribution >= 4 is 17.4 Å². The zero-order valence-electron chi connectivity index (χ0n) is 10.3. The van der Waals surface area contributed by atoms with Crippen LogP contribution in [0.5, 0.6) is 0 Å². The summed E-state index contributed by atoms with van der Waals surface area (Å²) in [6.07, 6.45) is 5.19. The average Bonchev–Trinajstić information content (AvgIpc) is 2.50. The maximum atomic E-state index is 6.16. The number of pyridine rings is 1. The van der Waals surface area contributed by atoms with Gasteiger partial charge < -0.3 is 5.73 Å². The lowest BCUT2D eigenvalue weighted by Gasteiger charge is -2.26. The third kappa shape index (κ3) is 3.33. The number of rotatable bonds is 2. The van der Waals surface area contributed by atoms with Crippen LogP contribution in [0.15, 0.2) is 12.1 Å². The summed E-state index contributed by atoms with van der Waals surface area (Å²) in [6.45, 7) is 4.23. The second-order valence-electron chi connectivity index (χ2n) is 4.83. The van der Waals surface area contributed by atoms with Gasteiger partial charge >= 0.3 is 0 Å². The lowest BCUT2D eigenvalue weighted by molar-refractivity contribution is 0.202. The Morgan fingerprint density at radius 1 is 1.41 bits per heavy atom. The van der Waals surface area contributed by atoms with E-state index in [2.05, 4.69) is 16.8 Å². The van der Waals surface area contributed by atoms with Gasteiger partial charge in [0.05, 0.1) is 10.7 Å². The van der Waals surface area contributed by atoms with Crippen molar-refractivity contribution in [2.24, 2.45) is 0 Å². The van der Waals surface area contributed by atoms with Gasteiger partial charge in [-0.2, -0.15) is 0 Å². The Labute approximate surface area is 108 Å². The highest BCUT2D eigenvalue weighted by Gasteiger charge is 2.18. The zero-order chi connectivity index (χ0) is 12.3. The molecule has 2 N–H and O–H groups in total. The van der Waals surface area contributed by atoms with Crippen LogP contribution in [0, 0.1) is 0 Å². The number of hydrogen-bond acceptors (Lipinski definition) is 3. The normalized spacial score (nSPS) is 22.4. The van der Waals surface area contributed by atoms with E-state index in [0.717, 1.165) is 23.8 Å². The van der Waals surface area contributed by atoms with Gasteiger partial charge in [0.25, 0.3) is 0 Å². The van der Waals surface area contributed by atoms with E-state index in [1.807, 2.05) is 6.07 Å². The molecule has 0 aromatic carbocycles. The SMILES string of the molecule is CC1CCCCCN1Cc1nc(N)ccc1Cl. The summed E-state index contributed by atoms with van der Waals surface area (Å²) in [4.78, 5) is 6.80. The standard InChI is InChI=1S/C13H20ClN3/c1-10-5-3-2-4-8-17(10)9-12-11(14)6-7-13(15)16-12/h6-7,10H,2-5,8-9H2,1H3,(H2,15,16). The van der Waals surface area contributed by atoms with Crippen LogP contribution >= 0.6 is 11.6 Å². The van der Waals surface area contributed by atoms with Crippen molar-refractivity contribution in [1.29, 1.82) is 0 Å². The van der Waals surface area contributed by atoms with E-state index in [0.29, 0.717) is 11.9 Å². The van der Waals surface area contributed by atoms with Crippen molar-refractivity contribution in [2.45, 2.75) is 45.2 Å². The van der Waals surface area contributed by atoms with Crippen molar-refractivity contribution < 1.29 is 0 Å². The van der Waals surface area contributed by atoms with Gasteiger partial charge in [-0.05, 0) is 38.4 Å². The van der Waals surface area contributed by atoms with Gasteiger partial charge in [0.2, 0.25) is 0 Å². The Morgan fingerprint density at radius 2 is 2.24 bits per heavy atom. The minimum absolute atomic E-state index is 0.548. The molecule has 0 spiro atoms. The fraction of sp³-hybridized carbons (Fsp3) is 0.615. The minimum Gasteiger partial charge on any atom is -0.384 e. The maximum Gasteiger partial charge on any atom is 0.123 e. The molecule has 94 valence electrons. The van der Waals surface area contributed by atoms with Crippen LogP contribution in [0.4, 0.5) is 5.82 Å². The van der Waals surface area contributed by atoms with Crippen LogP contribution in [-0.2, 0) is 6.54 Å². The van der Waals surface area contributed by atoms with Gasteiger partial charge in [-0.1, -0.05) is 24.4 Å². The van der Waals surface area contributed by atoms with Gasteiger partial charge in [0.15, 0.2) is 0 Å². The molecule has 1 aromatic heterocycles. The summed E-state index contributed by atoms with van der Waals surface area (Å²) in [5, 5.41) is 0.718. The molecule has 1 atom stereocenters. The number of likely N-dealkylation sites (tertiary alicyclic amines) is 1. The first-order valence-corrected chi connectivity index (χ1v) is 6.69. The largest absolute Gasteiger partial charge is 0.384 e. The van der Waals surface area contributed by atoms with Gasteiger partial charge in [-0.15, -0.1) is 0 Å². The average molecular weight is 254 g/mol. The fourth-order valence-corrected chi connectivity index (χ4v) is 2.54. The summed E-state index contributed by atoms with van der Waals surface area (Å²) in [6, 6.07) is 4.19. The van der Waals surface area contributed by atoms with Crippen LogP contribution in [0.1, 0.15) is 38.3 Å². The lowest BCUT2D eigenvalue weighted by Crippen LogP contribution is -2.32. The first-order chi connectivity index (χ1) is 8.16. The maximum absolute atomic E-state index is 6.16. The summed E-state index contributed by atoms with van der Waals surface area (Å²) in [5.41, 5.74) is 6.61. The second-order valence-corrected chi connectivity index (χ2v) is 5.24. The van der Waals surface area contributed by atoms with Crippen LogP contribution in [-0.4, -0.2) is 22.5 Å². The monoisotopic (exact) mass is 253 g/mol. The van der Waals surface area contributed by atoms with Crippen molar-refractivity contribution in [3.05, 3.63) is 22.8 Å². The summed E-state index contributed by atoms with van der Waals surface area (Å²) >= 11 is 6.16. The molecule has 17 heavy (non-hydrogen) atoms. The number of nitrogens with zero attached hydrogens (tertiary/aromatic N) is 2. The topological polar surface area (TPSA) is 42.2 Å². The molecule has 0 radical (unpaired) electrons. The van der Waals surface area contributed by atoms with Crippen LogP contribution < -0.4 is 5.73 Å². The molecule has 4 heteroatoms. The number of halogens is 1. The van der Waals surface area contributed by atoms with E-state index in [-0.39, 0.29) is 0 Å². The third-order valence-electron chi connectivity index (χ3n) is 3.48. The number of hydrogen-bond donors (Lipinski definition) is 1. The fourth-order valence-electron chi connectivity index (χ4n) is 2.37. The molecule has 2 heterocycles. The number of anilines is 1. The number of nitrogens with two attached hydrogens (primary N) is 1. The summed E-state index contributed by atoms with van der Waals surface area (Å²) in [7, 11) is 0. The Morgan fingerprint density at radius 3 is 3.06 bits per heavy atom.